The summed E-state index contributed by atoms with van der Waals surface area (Å²) in [7, 11) is 0. The summed E-state index contributed by atoms with van der Waals surface area (Å²) in [5.74, 6) is -0.226. The maximum absolute atomic E-state index is 13.5. The molecule has 0 radical (unpaired) electrons. The Morgan fingerprint density at radius 1 is 1.13 bits per heavy atom. The van der Waals surface area contributed by atoms with Gasteiger partial charge in [0, 0.05) is 55.5 Å². The molecule has 154 valence electrons. The topological polar surface area (TPSA) is 41.1 Å². The Kier molecular flexibility index (Phi) is 5.23. The molecule has 2 atom stereocenters. The van der Waals surface area contributed by atoms with Gasteiger partial charge in [0.25, 0.3) is 0 Å². The van der Waals surface area contributed by atoms with Crippen LogP contribution in [0.5, 0.6) is 0 Å². The molecule has 1 N–H and O–H groups in total. The Bertz CT molecular complexity index is 1040. The van der Waals surface area contributed by atoms with Gasteiger partial charge in [-0.15, -0.1) is 0 Å². The molecule has 4 heterocycles. The minimum absolute atomic E-state index is 0.226. The second-order valence-corrected chi connectivity index (χ2v) is 8.01. The van der Waals surface area contributed by atoms with E-state index in [4.69, 9.17) is 4.74 Å². The Morgan fingerprint density at radius 3 is 2.70 bits per heavy atom. The van der Waals surface area contributed by atoms with Gasteiger partial charge in [-0.25, -0.2) is 4.39 Å². The SMILES string of the molecule is CCOC1CC2C=C(c3c[nH]c(-c4ccc(F)cc4)c3-c3ccncc3)CCN2C1. The van der Waals surface area contributed by atoms with E-state index < -0.39 is 0 Å². The van der Waals surface area contributed by atoms with E-state index in [0.717, 1.165) is 54.9 Å². The molecule has 3 aromatic rings. The first-order chi connectivity index (χ1) is 14.7. The third-order valence-corrected chi connectivity index (χ3v) is 6.20. The van der Waals surface area contributed by atoms with E-state index in [1.807, 2.05) is 36.7 Å². The molecular weight excluding hydrogens is 377 g/mol. The first kappa shape index (κ1) is 19.2. The lowest BCUT2D eigenvalue weighted by Crippen LogP contribution is -2.33. The number of hydrogen-bond acceptors (Lipinski definition) is 3. The second kappa shape index (κ2) is 8.17. The fraction of sp³-hybridized carbons (Fsp3) is 0.320. The molecule has 5 heteroatoms. The third-order valence-electron chi connectivity index (χ3n) is 6.20. The zero-order chi connectivity index (χ0) is 20.5. The summed E-state index contributed by atoms with van der Waals surface area (Å²) in [4.78, 5) is 10.2. The normalized spacial score (nSPS) is 21.5. The molecule has 5 rings (SSSR count). The number of H-pyrrole nitrogens is 1. The summed E-state index contributed by atoms with van der Waals surface area (Å²) in [6.45, 7) is 4.91. The summed E-state index contributed by atoms with van der Waals surface area (Å²) in [6.07, 6.45) is 10.6. The first-order valence-electron chi connectivity index (χ1n) is 10.7. The number of aromatic amines is 1. The molecule has 1 fully saturated rings. The minimum atomic E-state index is -0.226. The molecule has 1 aromatic carbocycles. The smallest absolute Gasteiger partial charge is 0.123 e. The molecular formula is C25H26FN3O. The lowest BCUT2D eigenvalue weighted by molar-refractivity contribution is 0.0691. The Labute approximate surface area is 176 Å². The van der Waals surface area contributed by atoms with Crippen molar-refractivity contribution in [3.63, 3.8) is 0 Å². The van der Waals surface area contributed by atoms with Crippen molar-refractivity contribution in [3.05, 3.63) is 72.4 Å². The fourth-order valence-corrected chi connectivity index (χ4v) is 4.82. The fourth-order valence-electron chi connectivity index (χ4n) is 4.82. The molecule has 1 saturated heterocycles. The molecule has 0 saturated carbocycles. The molecule has 2 aliphatic heterocycles. The number of benzene rings is 1. The predicted octanol–water partition coefficient (Wildman–Crippen LogP) is 5.15. The molecule has 0 spiro atoms. The number of ether oxygens (including phenoxy) is 1. The van der Waals surface area contributed by atoms with Gasteiger partial charge in [0.1, 0.15) is 5.82 Å². The van der Waals surface area contributed by atoms with Gasteiger partial charge in [-0.3, -0.25) is 9.88 Å². The van der Waals surface area contributed by atoms with Gasteiger partial charge in [-0.05, 0) is 72.9 Å². The van der Waals surface area contributed by atoms with Gasteiger partial charge in [0.05, 0.1) is 11.8 Å². The van der Waals surface area contributed by atoms with E-state index in [-0.39, 0.29) is 5.82 Å². The molecule has 0 amide bonds. The van der Waals surface area contributed by atoms with Crippen molar-refractivity contribution in [2.75, 3.05) is 19.7 Å². The van der Waals surface area contributed by atoms with Crippen LogP contribution in [0.2, 0.25) is 0 Å². The van der Waals surface area contributed by atoms with E-state index in [1.54, 1.807) is 0 Å². The van der Waals surface area contributed by atoms with Crippen molar-refractivity contribution >= 4 is 5.57 Å². The Hall–Kier alpha value is -2.76. The first-order valence-corrected chi connectivity index (χ1v) is 10.7. The van der Waals surface area contributed by atoms with Gasteiger partial charge in [-0.2, -0.15) is 0 Å². The molecule has 2 unspecified atom stereocenters. The second-order valence-electron chi connectivity index (χ2n) is 8.01. The van der Waals surface area contributed by atoms with Crippen LogP contribution in [0.1, 0.15) is 25.3 Å². The molecule has 4 nitrogen and oxygen atoms in total. The maximum atomic E-state index is 13.5. The van der Waals surface area contributed by atoms with Gasteiger partial charge < -0.3 is 9.72 Å². The summed E-state index contributed by atoms with van der Waals surface area (Å²) in [5.41, 5.74) is 6.85. The van der Waals surface area contributed by atoms with E-state index in [9.17, 15) is 4.39 Å². The van der Waals surface area contributed by atoms with Crippen molar-refractivity contribution in [2.24, 2.45) is 0 Å². The highest BCUT2D eigenvalue weighted by molar-refractivity contribution is 5.91. The van der Waals surface area contributed by atoms with Crippen LogP contribution in [0, 0.1) is 5.82 Å². The van der Waals surface area contributed by atoms with Crippen molar-refractivity contribution in [3.8, 4) is 22.4 Å². The van der Waals surface area contributed by atoms with Gasteiger partial charge >= 0.3 is 0 Å². The van der Waals surface area contributed by atoms with Crippen LogP contribution in [0.4, 0.5) is 4.39 Å². The van der Waals surface area contributed by atoms with Crippen molar-refractivity contribution < 1.29 is 9.13 Å². The van der Waals surface area contributed by atoms with Crippen LogP contribution in [0.15, 0.2) is 61.1 Å². The Morgan fingerprint density at radius 2 is 1.93 bits per heavy atom. The molecule has 0 aliphatic carbocycles. The largest absolute Gasteiger partial charge is 0.377 e. The molecule has 2 aromatic heterocycles. The van der Waals surface area contributed by atoms with Crippen molar-refractivity contribution in [1.29, 1.82) is 0 Å². The highest BCUT2D eigenvalue weighted by Crippen LogP contribution is 2.41. The van der Waals surface area contributed by atoms with E-state index >= 15 is 0 Å². The number of hydrogen-bond donors (Lipinski definition) is 1. The highest BCUT2D eigenvalue weighted by atomic mass is 19.1. The number of nitrogens with one attached hydrogen (secondary N) is 1. The number of nitrogens with zero attached hydrogens (tertiary/aromatic N) is 2. The van der Waals surface area contributed by atoms with Crippen LogP contribution >= 0.6 is 0 Å². The zero-order valence-corrected chi connectivity index (χ0v) is 17.1. The van der Waals surface area contributed by atoms with E-state index in [2.05, 4.69) is 34.1 Å². The van der Waals surface area contributed by atoms with Crippen LogP contribution in [0.3, 0.4) is 0 Å². The lowest BCUT2D eigenvalue weighted by atomic mass is 9.90. The summed E-state index contributed by atoms with van der Waals surface area (Å²) >= 11 is 0. The lowest BCUT2D eigenvalue weighted by Gasteiger charge is -2.28. The van der Waals surface area contributed by atoms with Crippen LogP contribution in [-0.4, -0.2) is 46.7 Å². The standard InChI is InChI=1S/C25H26FN3O/c1-2-30-22-14-21-13-19(9-12-29(21)16-22)23-15-28-25(18-3-5-20(26)6-4-18)24(23)17-7-10-27-11-8-17/h3-8,10-11,13,15,21-22,28H,2,9,12,14,16H2,1H3. The average molecular weight is 404 g/mol. The number of aromatic nitrogens is 2. The van der Waals surface area contributed by atoms with E-state index in [1.165, 1.54) is 23.3 Å². The van der Waals surface area contributed by atoms with Crippen molar-refractivity contribution in [2.45, 2.75) is 31.9 Å². The number of pyridine rings is 1. The van der Waals surface area contributed by atoms with Crippen LogP contribution < -0.4 is 0 Å². The number of halogens is 1. The average Bonchev–Trinajstić information content (AvgIpc) is 3.38. The van der Waals surface area contributed by atoms with Crippen molar-refractivity contribution in [1.82, 2.24) is 14.9 Å². The number of rotatable bonds is 5. The molecule has 2 aliphatic rings. The summed E-state index contributed by atoms with van der Waals surface area (Å²) < 4.78 is 19.4. The summed E-state index contributed by atoms with van der Waals surface area (Å²) in [6, 6.07) is 11.2. The monoisotopic (exact) mass is 403 g/mol. The number of fused-ring (bicyclic) bond motifs is 1. The highest BCUT2D eigenvalue weighted by Gasteiger charge is 2.34. The quantitative estimate of drug-likeness (QED) is 0.641. The van der Waals surface area contributed by atoms with Gasteiger partial charge in [-0.1, -0.05) is 6.08 Å². The van der Waals surface area contributed by atoms with E-state index in [0.29, 0.717) is 12.1 Å². The zero-order valence-electron chi connectivity index (χ0n) is 17.1. The predicted molar refractivity (Wildman–Crippen MR) is 117 cm³/mol. The molecule has 30 heavy (non-hydrogen) atoms. The van der Waals surface area contributed by atoms with Crippen LogP contribution in [-0.2, 0) is 4.74 Å². The van der Waals surface area contributed by atoms with Crippen LogP contribution in [0.25, 0.3) is 28.0 Å². The molecule has 0 bridgehead atoms. The van der Waals surface area contributed by atoms with Gasteiger partial charge in [0.15, 0.2) is 0 Å². The minimum Gasteiger partial charge on any atom is -0.377 e. The third kappa shape index (κ3) is 3.59. The Balaban J connectivity index is 1.56. The summed E-state index contributed by atoms with van der Waals surface area (Å²) in [5, 5.41) is 0. The van der Waals surface area contributed by atoms with Gasteiger partial charge in [0.2, 0.25) is 0 Å². The maximum Gasteiger partial charge on any atom is 0.123 e.